The molecule has 2 saturated heterocycles. The zero-order chi connectivity index (χ0) is 22.3. The molecule has 1 N–H and O–H groups in total. The number of carbonyl (C=O) groups is 1. The predicted molar refractivity (Wildman–Crippen MR) is 129 cm³/mol. The first kappa shape index (κ1) is 22.6. The minimum Gasteiger partial charge on any atom is -0.357 e. The number of aromatic nitrogens is 2. The number of nitrogens with one attached hydrogen (secondary N) is 1. The van der Waals surface area contributed by atoms with E-state index in [1.54, 1.807) is 0 Å². The number of aryl methyl sites for hydroxylation is 1. The molecular weight excluding hydrogens is 402 g/mol. The molecule has 4 rings (SSSR count). The number of benzene rings is 1. The fourth-order valence-corrected chi connectivity index (χ4v) is 4.72. The summed E-state index contributed by atoms with van der Waals surface area (Å²) in [4.78, 5) is 28.8. The van der Waals surface area contributed by atoms with Crippen LogP contribution in [0.4, 0.5) is 0 Å². The molecule has 0 radical (unpaired) electrons. The number of imidazole rings is 1. The van der Waals surface area contributed by atoms with Gasteiger partial charge in [0.25, 0.3) is 0 Å². The lowest BCUT2D eigenvalue weighted by molar-refractivity contribution is -0.135. The Morgan fingerprint density at radius 3 is 2.59 bits per heavy atom. The number of hydrogen-bond acceptors (Lipinski definition) is 4. The minimum atomic E-state index is -0.0280. The zero-order valence-electron chi connectivity index (χ0n) is 19.5. The summed E-state index contributed by atoms with van der Waals surface area (Å²) in [5.41, 5.74) is 2.22. The van der Waals surface area contributed by atoms with Crippen LogP contribution in [0.1, 0.15) is 33.1 Å². The normalized spacial score (nSPS) is 19.0. The third kappa shape index (κ3) is 5.23. The maximum Gasteiger partial charge on any atom is 0.239 e. The molecule has 8 nitrogen and oxygen atoms in total. The molecule has 2 aliphatic rings. The molecule has 3 heterocycles. The van der Waals surface area contributed by atoms with Gasteiger partial charge in [-0.25, -0.2) is 4.98 Å². The Kier molecular flexibility index (Phi) is 7.63. The van der Waals surface area contributed by atoms with Crippen LogP contribution in [0.3, 0.4) is 0 Å². The minimum absolute atomic E-state index is 0.0280. The van der Waals surface area contributed by atoms with Crippen LogP contribution in [0, 0.1) is 0 Å². The van der Waals surface area contributed by atoms with Crippen molar-refractivity contribution in [2.75, 3.05) is 52.4 Å². The molecule has 32 heavy (non-hydrogen) atoms. The van der Waals surface area contributed by atoms with E-state index in [0.29, 0.717) is 5.91 Å². The Labute approximate surface area is 191 Å². The lowest BCUT2D eigenvalue weighted by Gasteiger charge is -2.39. The third-order valence-electron chi connectivity index (χ3n) is 6.62. The van der Waals surface area contributed by atoms with Gasteiger partial charge in [0, 0.05) is 58.9 Å². The summed E-state index contributed by atoms with van der Waals surface area (Å²) >= 11 is 0. The number of fused-ring (bicyclic) bond motifs is 1. The Balaban J connectivity index is 1.27. The fraction of sp³-hybridized carbons (Fsp3) is 0.625. The average molecular weight is 440 g/mol. The van der Waals surface area contributed by atoms with Crippen LogP contribution in [-0.2, 0) is 11.3 Å². The number of hydrogen-bond donors (Lipinski definition) is 1. The molecule has 2 aromatic rings. The summed E-state index contributed by atoms with van der Waals surface area (Å²) in [7, 11) is 0. The van der Waals surface area contributed by atoms with Crippen LogP contribution >= 0.6 is 0 Å². The van der Waals surface area contributed by atoms with E-state index in [2.05, 4.69) is 50.6 Å². The van der Waals surface area contributed by atoms with Gasteiger partial charge in [0.05, 0.1) is 23.4 Å². The predicted octanol–water partition coefficient (Wildman–Crippen LogP) is 2.02. The summed E-state index contributed by atoms with van der Waals surface area (Å²) < 4.78 is 2.20. The highest BCUT2D eigenvalue weighted by atomic mass is 16.2. The van der Waals surface area contributed by atoms with Crippen molar-refractivity contribution in [3.05, 3.63) is 30.6 Å². The molecule has 1 aromatic carbocycles. The van der Waals surface area contributed by atoms with Crippen LogP contribution in [-0.4, -0.2) is 94.5 Å². The molecule has 8 heteroatoms. The smallest absolute Gasteiger partial charge is 0.239 e. The molecule has 2 aliphatic heterocycles. The Morgan fingerprint density at radius 2 is 1.84 bits per heavy atom. The van der Waals surface area contributed by atoms with Crippen LogP contribution < -0.4 is 5.32 Å². The molecule has 0 aliphatic carbocycles. The van der Waals surface area contributed by atoms with Crippen molar-refractivity contribution < 1.29 is 4.79 Å². The molecule has 1 unspecified atom stereocenters. The number of likely N-dealkylation sites (tertiary alicyclic amines) is 1. The molecule has 0 spiro atoms. The standard InChI is InChI=1S/C24H37N7O/c1-3-25-24(26-11-8-14-31-19-27-21-9-4-5-10-22(21)31)30-17-15-28(16-18-30)20(2)23(32)29-12-6-7-13-29/h4-5,9-10,19-20H,3,6-8,11-18H2,1-2H3,(H,25,26). The van der Waals surface area contributed by atoms with E-state index in [1.165, 1.54) is 5.52 Å². The van der Waals surface area contributed by atoms with Gasteiger partial charge >= 0.3 is 0 Å². The summed E-state index contributed by atoms with van der Waals surface area (Å²) in [6, 6.07) is 8.22. The van der Waals surface area contributed by atoms with Crippen LogP contribution in [0.25, 0.3) is 11.0 Å². The first-order chi connectivity index (χ1) is 15.7. The number of rotatable bonds is 7. The Hall–Kier alpha value is -2.61. The molecular formula is C24H37N7O. The SMILES string of the molecule is CCNC(=NCCCn1cnc2ccccc21)N1CCN(C(C)C(=O)N2CCCC2)CC1. The number of nitrogens with zero attached hydrogens (tertiary/aromatic N) is 6. The second kappa shape index (κ2) is 10.8. The van der Waals surface area contributed by atoms with E-state index >= 15 is 0 Å². The Bertz CT molecular complexity index is 910. The number of para-hydroxylation sites is 2. The highest BCUT2D eigenvalue weighted by Gasteiger charge is 2.30. The van der Waals surface area contributed by atoms with Crippen molar-refractivity contribution >= 4 is 22.9 Å². The summed E-state index contributed by atoms with van der Waals surface area (Å²) in [5, 5.41) is 3.45. The van der Waals surface area contributed by atoms with Crippen LogP contribution in [0.5, 0.6) is 0 Å². The molecule has 1 aromatic heterocycles. The second-order valence-corrected chi connectivity index (χ2v) is 8.75. The van der Waals surface area contributed by atoms with Gasteiger partial charge in [-0.1, -0.05) is 12.1 Å². The number of carbonyl (C=O) groups excluding carboxylic acids is 1. The largest absolute Gasteiger partial charge is 0.357 e. The van der Waals surface area contributed by atoms with E-state index in [4.69, 9.17) is 4.99 Å². The topological polar surface area (TPSA) is 69.0 Å². The zero-order valence-corrected chi connectivity index (χ0v) is 19.5. The van der Waals surface area contributed by atoms with E-state index in [0.717, 1.165) is 89.6 Å². The van der Waals surface area contributed by atoms with Gasteiger partial charge in [-0.3, -0.25) is 14.7 Å². The molecule has 1 amide bonds. The summed E-state index contributed by atoms with van der Waals surface area (Å²) in [6.07, 6.45) is 5.18. The van der Waals surface area contributed by atoms with Crippen LogP contribution in [0.2, 0.25) is 0 Å². The van der Waals surface area contributed by atoms with Gasteiger partial charge in [-0.05, 0) is 45.2 Å². The summed E-state index contributed by atoms with van der Waals surface area (Å²) in [5.74, 6) is 1.28. The fourth-order valence-electron chi connectivity index (χ4n) is 4.72. The maximum atomic E-state index is 12.7. The van der Waals surface area contributed by atoms with Gasteiger partial charge < -0.3 is 19.7 Å². The number of guanidine groups is 1. The number of amides is 1. The van der Waals surface area contributed by atoms with Crippen molar-refractivity contribution in [1.29, 1.82) is 0 Å². The number of aliphatic imine (C=N–C) groups is 1. The first-order valence-corrected chi connectivity index (χ1v) is 12.1. The quantitative estimate of drug-likeness (QED) is 0.406. The lowest BCUT2D eigenvalue weighted by Crippen LogP contribution is -2.57. The van der Waals surface area contributed by atoms with Crippen molar-refractivity contribution in [1.82, 2.24) is 29.6 Å². The van der Waals surface area contributed by atoms with E-state index in [9.17, 15) is 4.79 Å². The Morgan fingerprint density at radius 1 is 1.09 bits per heavy atom. The summed E-state index contributed by atoms with van der Waals surface area (Å²) in [6.45, 7) is 12.2. The van der Waals surface area contributed by atoms with Gasteiger partial charge in [0.15, 0.2) is 5.96 Å². The van der Waals surface area contributed by atoms with E-state index in [-0.39, 0.29) is 6.04 Å². The number of piperazine rings is 1. The van der Waals surface area contributed by atoms with Gasteiger partial charge in [0.2, 0.25) is 5.91 Å². The van der Waals surface area contributed by atoms with Crippen molar-refractivity contribution in [2.45, 2.75) is 45.7 Å². The van der Waals surface area contributed by atoms with Gasteiger partial charge in [-0.15, -0.1) is 0 Å². The van der Waals surface area contributed by atoms with Crippen molar-refractivity contribution in [3.8, 4) is 0 Å². The molecule has 2 fully saturated rings. The lowest BCUT2D eigenvalue weighted by atomic mass is 10.2. The third-order valence-corrected chi connectivity index (χ3v) is 6.62. The van der Waals surface area contributed by atoms with E-state index in [1.807, 2.05) is 23.4 Å². The molecule has 0 bridgehead atoms. The van der Waals surface area contributed by atoms with E-state index < -0.39 is 0 Å². The molecule has 0 saturated carbocycles. The molecule has 1 atom stereocenters. The maximum absolute atomic E-state index is 12.7. The second-order valence-electron chi connectivity index (χ2n) is 8.75. The first-order valence-electron chi connectivity index (χ1n) is 12.1. The van der Waals surface area contributed by atoms with Gasteiger partial charge in [0.1, 0.15) is 0 Å². The van der Waals surface area contributed by atoms with Gasteiger partial charge in [-0.2, -0.15) is 0 Å². The van der Waals surface area contributed by atoms with Crippen LogP contribution in [0.15, 0.2) is 35.6 Å². The highest BCUT2D eigenvalue weighted by Crippen LogP contribution is 2.15. The van der Waals surface area contributed by atoms with Crippen molar-refractivity contribution in [3.63, 3.8) is 0 Å². The average Bonchev–Trinajstić information content (AvgIpc) is 3.51. The molecule has 174 valence electrons. The highest BCUT2D eigenvalue weighted by molar-refractivity contribution is 5.82. The monoisotopic (exact) mass is 439 g/mol. The van der Waals surface area contributed by atoms with Crippen molar-refractivity contribution in [2.24, 2.45) is 4.99 Å².